The van der Waals surface area contributed by atoms with Crippen molar-refractivity contribution in [2.24, 2.45) is 29.6 Å². The summed E-state index contributed by atoms with van der Waals surface area (Å²) in [7, 11) is 0. The zero-order valence-electron chi connectivity index (χ0n) is 22.6. The zero-order chi connectivity index (χ0) is 29.4. The van der Waals surface area contributed by atoms with E-state index in [9.17, 15) is 24.5 Å². The fourth-order valence-corrected chi connectivity index (χ4v) is 10.8. The molecular weight excluding hydrogens is 587 g/mol. The third kappa shape index (κ3) is 4.01. The number of thioether (sulfide) groups is 1. The van der Waals surface area contributed by atoms with E-state index in [0.29, 0.717) is 12.3 Å². The highest BCUT2D eigenvalue weighted by Crippen LogP contribution is 2.69. The number of aromatic amines is 1. The zero-order valence-corrected chi connectivity index (χ0v) is 24.3. The Labute approximate surface area is 254 Å². The number of carbonyl (C=O) groups is 2. The van der Waals surface area contributed by atoms with Crippen molar-refractivity contribution in [3.63, 3.8) is 0 Å². The Morgan fingerprint density at radius 1 is 0.907 bits per heavy atom. The topological polar surface area (TPSA) is 123 Å². The van der Waals surface area contributed by atoms with E-state index in [2.05, 4.69) is 11.1 Å². The number of ether oxygens (including phenoxy) is 1. The Morgan fingerprint density at radius 3 is 2.35 bits per heavy atom. The van der Waals surface area contributed by atoms with Gasteiger partial charge < -0.3 is 9.72 Å². The number of H-pyrrole nitrogens is 1. The number of fused-ring (bicyclic) bond motifs is 9. The Hall–Kier alpha value is -4.22. The number of hydrogen-bond acceptors (Lipinski definition) is 8. The third-order valence-electron chi connectivity index (χ3n) is 9.53. The minimum Gasteiger partial charge on any atom is -0.489 e. The van der Waals surface area contributed by atoms with Gasteiger partial charge in [-0.25, -0.2) is 0 Å². The molecule has 7 atom stereocenters. The molecule has 1 saturated heterocycles. The van der Waals surface area contributed by atoms with Gasteiger partial charge in [0.25, 0.3) is 5.69 Å². The Bertz CT molecular complexity index is 1840. The van der Waals surface area contributed by atoms with Crippen molar-refractivity contribution in [2.45, 2.75) is 29.2 Å². The van der Waals surface area contributed by atoms with E-state index in [1.165, 1.54) is 40.5 Å². The number of aromatic nitrogens is 1. The highest BCUT2D eigenvalue weighted by Gasteiger charge is 2.69. The lowest BCUT2D eigenvalue weighted by atomic mass is 9.68. The van der Waals surface area contributed by atoms with E-state index in [0.717, 1.165) is 33.2 Å². The van der Waals surface area contributed by atoms with Crippen LogP contribution in [0.3, 0.4) is 0 Å². The number of nitrogens with zero attached hydrogens (tertiary/aromatic N) is 2. The lowest BCUT2D eigenvalue weighted by molar-refractivity contribution is -0.384. The lowest BCUT2D eigenvalue weighted by Crippen LogP contribution is -2.42. The molecule has 1 aromatic heterocycles. The fourth-order valence-electron chi connectivity index (χ4n) is 7.95. The van der Waals surface area contributed by atoms with Gasteiger partial charge in [-0.2, -0.15) is 0 Å². The molecule has 2 aliphatic carbocycles. The summed E-state index contributed by atoms with van der Waals surface area (Å²) in [4.78, 5) is 56.3. The van der Waals surface area contributed by atoms with Crippen molar-refractivity contribution in [3.8, 4) is 5.75 Å². The molecule has 0 unspecified atom stereocenters. The van der Waals surface area contributed by atoms with Gasteiger partial charge in [0.15, 0.2) is 0 Å². The number of nitro groups is 1. The monoisotopic (exact) mass is 611 g/mol. The molecule has 3 heterocycles. The summed E-state index contributed by atoms with van der Waals surface area (Å²) in [5.41, 5.74) is 2.30. The van der Waals surface area contributed by atoms with Crippen LogP contribution in [0.4, 0.5) is 11.4 Å². The Kier molecular flexibility index (Phi) is 6.09. The van der Waals surface area contributed by atoms with E-state index >= 15 is 0 Å². The molecule has 9 nitrogen and oxygen atoms in total. The highest BCUT2D eigenvalue weighted by atomic mass is 32.2. The fraction of sp³-hybridized carbons (Fsp3) is 0.281. The molecule has 11 heteroatoms. The molecule has 0 spiro atoms. The van der Waals surface area contributed by atoms with E-state index in [1.54, 1.807) is 11.8 Å². The third-order valence-corrected chi connectivity index (χ3v) is 12.1. The van der Waals surface area contributed by atoms with Crippen LogP contribution in [-0.2, 0) is 16.2 Å². The van der Waals surface area contributed by atoms with Crippen molar-refractivity contribution >= 4 is 46.3 Å². The van der Waals surface area contributed by atoms with Gasteiger partial charge in [-0.05, 0) is 47.9 Å². The van der Waals surface area contributed by atoms with Crippen molar-refractivity contribution in [2.75, 3.05) is 4.90 Å². The summed E-state index contributed by atoms with van der Waals surface area (Å²) in [6, 6.07) is 23.5. The van der Waals surface area contributed by atoms with Crippen LogP contribution in [0.15, 0.2) is 88.7 Å². The molecule has 2 saturated carbocycles. The summed E-state index contributed by atoms with van der Waals surface area (Å²) in [5, 5.41) is 12.0. The van der Waals surface area contributed by atoms with Gasteiger partial charge in [0.2, 0.25) is 11.8 Å². The largest absolute Gasteiger partial charge is 0.489 e. The lowest BCUT2D eigenvalue weighted by Gasteiger charge is -2.43. The number of nitrogens with one attached hydrogen (secondary N) is 1. The molecule has 8 rings (SSSR count). The minimum atomic E-state index is -0.501. The average Bonchev–Trinajstić information content (AvgIpc) is 3.75. The summed E-state index contributed by atoms with van der Waals surface area (Å²) >= 11 is 2.85. The molecule has 2 bridgehead atoms. The van der Waals surface area contributed by atoms with Crippen molar-refractivity contribution in [3.05, 3.63) is 115 Å². The quantitative estimate of drug-likeness (QED) is 0.171. The Balaban J connectivity index is 1.17. The van der Waals surface area contributed by atoms with Crippen LogP contribution < -0.4 is 14.5 Å². The van der Waals surface area contributed by atoms with Gasteiger partial charge in [-0.3, -0.25) is 29.4 Å². The normalized spacial score (nSPS) is 28.5. The molecule has 43 heavy (non-hydrogen) atoms. The molecular formula is C32H25N3O6S2. The molecule has 3 fully saturated rings. The number of imide groups is 1. The highest BCUT2D eigenvalue weighted by molar-refractivity contribution is 8.00. The molecule has 0 radical (unpaired) electrons. The summed E-state index contributed by atoms with van der Waals surface area (Å²) in [5.74, 6) is -0.844. The van der Waals surface area contributed by atoms with Crippen LogP contribution in [-0.4, -0.2) is 27.0 Å². The standard InChI is InChI=1S/C32H25N3O6S2/c36-30-25-20-14-21(26(25)31(37)34(30)17-10-12-18(13-11-17)35(39)40)27-24(20)23(28-29(42-27)33-32(38)43-28)19-8-4-5-9-22(19)41-15-16-6-2-1-3-7-16/h1-13,20-21,23-27H,14-15H2,(H,33,38)/t20-,21-,23+,24+,25+,26+,27-/m1/s1. The van der Waals surface area contributed by atoms with Crippen LogP contribution in [0.1, 0.15) is 28.3 Å². The van der Waals surface area contributed by atoms with Gasteiger partial charge in [0, 0.05) is 33.7 Å². The number of carbonyl (C=O) groups excluding carboxylic acids is 2. The second-order valence-electron chi connectivity index (χ2n) is 11.6. The number of thiazole rings is 1. The predicted molar refractivity (Wildman–Crippen MR) is 161 cm³/mol. The molecule has 4 aliphatic rings. The van der Waals surface area contributed by atoms with E-state index in [-0.39, 0.29) is 51.3 Å². The molecule has 2 aliphatic heterocycles. The number of nitro benzene ring substituents is 1. The maximum absolute atomic E-state index is 14.0. The van der Waals surface area contributed by atoms with Gasteiger partial charge in [0.1, 0.15) is 12.4 Å². The van der Waals surface area contributed by atoms with E-state index in [1.807, 2.05) is 48.5 Å². The van der Waals surface area contributed by atoms with Crippen molar-refractivity contribution < 1.29 is 19.2 Å². The summed E-state index contributed by atoms with van der Waals surface area (Å²) in [6.45, 7) is 0.400. The molecule has 216 valence electrons. The number of hydrogen-bond donors (Lipinski definition) is 1. The predicted octanol–water partition coefficient (Wildman–Crippen LogP) is 5.60. The van der Waals surface area contributed by atoms with Crippen LogP contribution in [0.5, 0.6) is 5.75 Å². The Morgan fingerprint density at radius 2 is 1.60 bits per heavy atom. The van der Waals surface area contributed by atoms with E-state index in [4.69, 9.17) is 4.74 Å². The van der Waals surface area contributed by atoms with Crippen LogP contribution in [0.2, 0.25) is 0 Å². The first-order valence-electron chi connectivity index (χ1n) is 14.2. The van der Waals surface area contributed by atoms with Crippen LogP contribution >= 0.6 is 23.1 Å². The number of non-ortho nitro benzene ring substituents is 1. The summed E-state index contributed by atoms with van der Waals surface area (Å²) < 4.78 is 6.39. The molecule has 4 aromatic rings. The smallest absolute Gasteiger partial charge is 0.305 e. The number of anilines is 1. The first-order chi connectivity index (χ1) is 20.9. The van der Waals surface area contributed by atoms with Crippen molar-refractivity contribution in [1.82, 2.24) is 4.98 Å². The molecule has 2 amide bonds. The number of benzene rings is 3. The van der Waals surface area contributed by atoms with E-state index < -0.39 is 16.8 Å². The second kappa shape index (κ2) is 9.92. The van der Waals surface area contributed by atoms with Gasteiger partial charge in [0.05, 0.1) is 27.5 Å². The SMILES string of the molecule is O=C1[C@H]2[C@H]3C[C@@H]([C@@H]2C(=O)N1c1ccc([N+](=O)[O-])cc1)[C@H]1[C@H](c2ccccc2OCc2ccccc2)c2sc(=O)[nH]c2S[C@H]31. The van der Waals surface area contributed by atoms with Gasteiger partial charge in [-0.1, -0.05) is 59.9 Å². The summed E-state index contributed by atoms with van der Waals surface area (Å²) in [6.07, 6.45) is 0.770. The molecule has 3 aromatic carbocycles. The average molecular weight is 612 g/mol. The van der Waals surface area contributed by atoms with Crippen LogP contribution in [0.25, 0.3) is 0 Å². The van der Waals surface area contributed by atoms with Gasteiger partial charge in [-0.15, -0.1) is 11.8 Å². The maximum Gasteiger partial charge on any atom is 0.305 e. The number of para-hydroxylation sites is 1. The van der Waals surface area contributed by atoms with Crippen molar-refractivity contribution in [1.29, 1.82) is 0 Å². The first-order valence-corrected chi connectivity index (χ1v) is 15.9. The maximum atomic E-state index is 14.0. The minimum absolute atomic E-state index is 0.0269. The number of rotatable bonds is 6. The van der Waals surface area contributed by atoms with Gasteiger partial charge >= 0.3 is 4.87 Å². The first kappa shape index (κ1) is 26.4. The van der Waals surface area contributed by atoms with Crippen LogP contribution in [0, 0.1) is 39.7 Å². The second-order valence-corrected chi connectivity index (χ2v) is 13.8. The molecule has 1 N–H and O–H groups in total. The number of amides is 2.